The summed E-state index contributed by atoms with van der Waals surface area (Å²) in [7, 11) is 0. The number of nitrogens with zero attached hydrogens (tertiary/aromatic N) is 6. The van der Waals surface area contributed by atoms with Crippen LogP contribution in [0.1, 0.15) is 39.0 Å². The minimum Gasteiger partial charge on any atom is -0.370 e. The van der Waals surface area contributed by atoms with Crippen molar-refractivity contribution in [3.8, 4) is 0 Å². The first-order chi connectivity index (χ1) is 15.7. The highest BCUT2D eigenvalue weighted by Crippen LogP contribution is 2.26. The van der Waals surface area contributed by atoms with Crippen molar-refractivity contribution in [1.82, 2.24) is 19.9 Å². The van der Waals surface area contributed by atoms with E-state index in [1.54, 1.807) is 6.33 Å². The van der Waals surface area contributed by atoms with Crippen LogP contribution in [0.4, 0.5) is 17.5 Å². The molecule has 0 saturated carbocycles. The lowest BCUT2D eigenvalue weighted by molar-refractivity contribution is -0.131. The van der Waals surface area contributed by atoms with E-state index in [0.717, 1.165) is 82.5 Å². The molecule has 0 unspecified atom stereocenters. The molecular weight excluding hydrogens is 402 g/mol. The number of carbonyl (C=O) groups excluding carboxylic acids is 1. The molecule has 0 radical (unpaired) electrons. The van der Waals surface area contributed by atoms with Crippen molar-refractivity contribution >= 4 is 23.4 Å². The molecular formula is C24H35N7O. The third-order valence-electron chi connectivity index (χ3n) is 6.42. The van der Waals surface area contributed by atoms with Crippen molar-refractivity contribution < 1.29 is 4.79 Å². The van der Waals surface area contributed by atoms with E-state index in [2.05, 4.69) is 37.0 Å². The number of amides is 1. The predicted octanol–water partition coefficient (Wildman–Crippen LogP) is 3.04. The Hall–Kier alpha value is -2.90. The second-order valence-corrected chi connectivity index (χ2v) is 8.74. The van der Waals surface area contributed by atoms with E-state index >= 15 is 0 Å². The van der Waals surface area contributed by atoms with E-state index in [1.165, 1.54) is 6.42 Å². The highest BCUT2D eigenvalue weighted by atomic mass is 16.2. The minimum atomic E-state index is 0.288. The van der Waals surface area contributed by atoms with Crippen molar-refractivity contribution in [2.75, 3.05) is 60.9 Å². The number of nitrogens with one attached hydrogen (secondary N) is 1. The zero-order valence-electron chi connectivity index (χ0n) is 19.1. The van der Waals surface area contributed by atoms with Gasteiger partial charge in [-0.25, -0.2) is 15.0 Å². The minimum absolute atomic E-state index is 0.288. The van der Waals surface area contributed by atoms with Crippen LogP contribution in [0, 0.1) is 5.92 Å². The van der Waals surface area contributed by atoms with Gasteiger partial charge >= 0.3 is 0 Å². The van der Waals surface area contributed by atoms with Crippen molar-refractivity contribution in [3.05, 3.63) is 36.8 Å². The summed E-state index contributed by atoms with van der Waals surface area (Å²) < 4.78 is 0. The molecule has 0 aliphatic carbocycles. The van der Waals surface area contributed by atoms with Crippen LogP contribution in [0.3, 0.4) is 0 Å². The van der Waals surface area contributed by atoms with E-state index in [4.69, 9.17) is 0 Å². The van der Waals surface area contributed by atoms with Crippen LogP contribution >= 0.6 is 0 Å². The van der Waals surface area contributed by atoms with Gasteiger partial charge in [-0.3, -0.25) is 4.79 Å². The van der Waals surface area contributed by atoms with Gasteiger partial charge in [-0.05, 0) is 43.7 Å². The molecule has 32 heavy (non-hydrogen) atoms. The maximum Gasteiger partial charge on any atom is 0.222 e. The van der Waals surface area contributed by atoms with Gasteiger partial charge in [-0.2, -0.15) is 0 Å². The topological polar surface area (TPSA) is 77.5 Å². The summed E-state index contributed by atoms with van der Waals surface area (Å²) in [6.07, 6.45) is 8.44. The Morgan fingerprint density at radius 2 is 1.94 bits per heavy atom. The molecule has 0 spiro atoms. The van der Waals surface area contributed by atoms with Crippen molar-refractivity contribution in [3.63, 3.8) is 0 Å². The third kappa shape index (κ3) is 5.87. The van der Waals surface area contributed by atoms with Gasteiger partial charge in [-0.15, -0.1) is 0 Å². The molecule has 1 N–H and O–H groups in total. The second-order valence-electron chi connectivity index (χ2n) is 8.74. The number of aromatic nitrogens is 3. The van der Waals surface area contributed by atoms with Gasteiger partial charge in [-0.1, -0.05) is 13.0 Å². The van der Waals surface area contributed by atoms with Gasteiger partial charge in [0.15, 0.2) is 0 Å². The Labute approximate surface area is 191 Å². The first-order valence-corrected chi connectivity index (χ1v) is 12.0. The normalized spacial score (nSPS) is 19.2. The fraction of sp³-hybridized carbons (Fsp3) is 0.583. The van der Waals surface area contributed by atoms with Gasteiger partial charge in [0.25, 0.3) is 0 Å². The molecule has 2 aromatic heterocycles. The lowest BCUT2D eigenvalue weighted by atomic mass is 9.93. The Morgan fingerprint density at radius 3 is 2.72 bits per heavy atom. The molecule has 0 bridgehead atoms. The van der Waals surface area contributed by atoms with Crippen LogP contribution in [0.5, 0.6) is 0 Å². The Morgan fingerprint density at radius 1 is 1.06 bits per heavy atom. The van der Waals surface area contributed by atoms with Gasteiger partial charge in [0.1, 0.15) is 23.8 Å². The van der Waals surface area contributed by atoms with Gasteiger partial charge in [0.2, 0.25) is 5.91 Å². The molecule has 8 nitrogen and oxygen atoms in total. The average Bonchev–Trinajstić information content (AvgIpc) is 2.87. The maximum atomic E-state index is 12.8. The molecule has 2 saturated heterocycles. The molecule has 0 aromatic carbocycles. The number of anilines is 3. The summed E-state index contributed by atoms with van der Waals surface area (Å²) in [6.45, 7) is 8.30. The summed E-state index contributed by atoms with van der Waals surface area (Å²) in [5.74, 6) is 3.69. The SMILES string of the molecule is CCCNc1cc(N2CCC[C@@H](CCC(=O)N3CCN(c4ccccn4)CC3)C2)ncn1. The van der Waals surface area contributed by atoms with Crippen LogP contribution in [-0.2, 0) is 4.79 Å². The van der Waals surface area contributed by atoms with Crippen LogP contribution in [-0.4, -0.2) is 71.6 Å². The number of piperidine rings is 1. The smallest absolute Gasteiger partial charge is 0.222 e. The highest BCUT2D eigenvalue weighted by Gasteiger charge is 2.25. The maximum absolute atomic E-state index is 12.8. The zero-order chi connectivity index (χ0) is 22.2. The van der Waals surface area contributed by atoms with Crippen LogP contribution in [0.25, 0.3) is 0 Å². The summed E-state index contributed by atoms with van der Waals surface area (Å²) in [6, 6.07) is 8.02. The molecule has 8 heteroatoms. The predicted molar refractivity (Wildman–Crippen MR) is 128 cm³/mol. The standard InChI is InChI=1S/C24H35N7O/c1-2-10-25-21-17-23(28-19-27-21)31-12-5-6-20(18-31)8-9-24(32)30-15-13-29(14-16-30)22-7-3-4-11-26-22/h3-4,7,11,17,19-20H,2,5-6,8-10,12-16,18H2,1H3,(H,25,27,28)/t20-/m0/s1. The van der Waals surface area contributed by atoms with Crippen LogP contribution in [0.2, 0.25) is 0 Å². The number of carbonyl (C=O) groups is 1. The fourth-order valence-electron chi connectivity index (χ4n) is 4.59. The molecule has 1 amide bonds. The van der Waals surface area contributed by atoms with Crippen molar-refractivity contribution in [2.24, 2.45) is 5.92 Å². The molecule has 1 atom stereocenters. The number of piperazine rings is 1. The Kier molecular flexibility index (Phi) is 7.74. The van der Waals surface area contributed by atoms with E-state index < -0.39 is 0 Å². The highest BCUT2D eigenvalue weighted by molar-refractivity contribution is 5.76. The van der Waals surface area contributed by atoms with Gasteiger partial charge in [0.05, 0.1) is 0 Å². The first kappa shape index (κ1) is 22.3. The summed E-state index contributed by atoms with van der Waals surface area (Å²) in [5.41, 5.74) is 0. The number of hydrogen-bond acceptors (Lipinski definition) is 7. The number of pyridine rings is 1. The van der Waals surface area contributed by atoms with Crippen molar-refractivity contribution in [2.45, 2.75) is 39.0 Å². The van der Waals surface area contributed by atoms with Gasteiger partial charge in [0, 0.05) is 64.5 Å². The number of rotatable bonds is 8. The Balaban J connectivity index is 1.23. The third-order valence-corrected chi connectivity index (χ3v) is 6.42. The average molecular weight is 438 g/mol. The summed E-state index contributed by atoms with van der Waals surface area (Å²) in [5, 5.41) is 3.34. The lowest BCUT2D eigenvalue weighted by Gasteiger charge is -2.36. The van der Waals surface area contributed by atoms with Crippen molar-refractivity contribution in [1.29, 1.82) is 0 Å². The van der Waals surface area contributed by atoms with E-state index in [-0.39, 0.29) is 5.91 Å². The monoisotopic (exact) mass is 437 g/mol. The molecule has 2 fully saturated rings. The zero-order valence-corrected chi connectivity index (χ0v) is 19.1. The van der Waals surface area contributed by atoms with Crippen LogP contribution in [0.15, 0.2) is 36.8 Å². The molecule has 4 heterocycles. The molecule has 4 rings (SSSR count). The van der Waals surface area contributed by atoms with Crippen LogP contribution < -0.4 is 15.1 Å². The quantitative estimate of drug-likeness (QED) is 0.680. The van der Waals surface area contributed by atoms with E-state index in [0.29, 0.717) is 12.3 Å². The fourth-order valence-corrected chi connectivity index (χ4v) is 4.59. The summed E-state index contributed by atoms with van der Waals surface area (Å²) >= 11 is 0. The molecule has 172 valence electrons. The number of hydrogen-bond donors (Lipinski definition) is 1. The molecule has 2 aromatic rings. The second kappa shape index (κ2) is 11.1. The molecule has 2 aliphatic heterocycles. The molecule has 2 aliphatic rings. The summed E-state index contributed by atoms with van der Waals surface area (Å²) in [4.78, 5) is 32.7. The lowest BCUT2D eigenvalue weighted by Crippen LogP contribution is -2.49. The Bertz CT molecular complexity index is 854. The first-order valence-electron chi connectivity index (χ1n) is 12.0. The largest absolute Gasteiger partial charge is 0.370 e. The van der Waals surface area contributed by atoms with Gasteiger partial charge < -0.3 is 20.0 Å². The van der Waals surface area contributed by atoms with E-state index in [9.17, 15) is 4.79 Å². The van der Waals surface area contributed by atoms with E-state index in [1.807, 2.05) is 35.4 Å².